The summed E-state index contributed by atoms with van der Waals surface area (Å²) in [6.45, 7) is 6.57. The molecule has 0 saturated carbocycles. The largest absolute Gasteiger partial charge is 0.220 e. The second-order valence-electron chi connectivity index (χ2n) is 6.41. The van der Waals surface area contributed by atoms with Gasteiger partial charge in [0, 0.05) is 17.7 Å². The van der Waals surface area contributed by atoms with Crippen molar-refractivity contribution in [3.8, 4) is 11.3 Å². The molecule has 0 saturated heterocycles. The smallest absolute Gasteiger partial charge is 0.198 e. The van der Waals surface area contributed by atoms with Crippen molar-refractivity contribution in [1.29, 1.82) is 0 Å². The van der Waals surface area contributed by atoms with Gasteiger partial charge in [-0.15, -0.1) is 11.3 Å². The van der Waals surface area contributed by atoms with E-state index in [0.717, 1.165) is 0 Å². The van der Waals surface area contributed by atoms with Crippen LogP contribution in [0.1, 0.15) is 16.8 Å². The summed E-state index contributed by atoms with van der Waals surface area (Å²) in [6.07, 6.45) is 0. The maximum atomic E-state index is 2.35. The molecule has 0 radical (unpaired) electrons. The number of aryl methyl sites for hydroxylation is 3. The molecule has 0 N–H and O–H groups in total. The van der Waals surface area contributed by atoms with Crippen molar-refractivity contribution in [2.24, 2.45) is 7.05 Å². The van der Waals surface area contributed by atoms with E-state index in [1.54, 1.807) is 0 Å². The van der Waals surface area contributed by atoms with Gasteiger partial charge in [0.15, 0.2) is 5.69 Å². The highest BCUT2D eigenvalue weighted by molar-refractivity contribution is 7.17. The van der Waals surface area contributed by atoms with E-state index < -0.39 is 0 Å². The van der Waals surface area contributed by atoms with Crippen LogP contribution in [0.2, 0.25) is 0 Å². The molecule has 0 aliphatic rings. The molecule has 4 rings (SSSR count). The van der Waals surface area contributed by atoms with Crippen LogP contribution < -0.4 is 4.57 Å². The Morgan fingerprint density at radius 3 is 2.52 bits per heavy atom. The van der Waals surface area contributed by atoms with E-state index in [9.17, 15) is 0 Å². The van der Waals surface area contributed by atoms with E-state index in [4.69, 9.17) is 0 Å². The zero-order valence-electron chi connectivity index (χ0n) is 14.0. The van der Waals surface area contributed by atoms with Crippen molar-refractivity contribution in [2.75, 3.05) is 0 Å². The molecule has 23 heavy (non-hydrogen) atoms. The van der Waals surface area contributed by atoms with Gasteiger partial charge in [-0.25, -0.2) is 0 Å². The molecule has 2 heteroatoms. The van der Waals surface area contributed by atoms with E-state index >= 15 is 0 Å². The second-order valence-corrected chi connectivity index (χ2v) is 7.36. The lowest BCUT2D eigenvalue weighted by molar-refractivity contribution is -0.665. The third-order valence-electron chi connectivity index (χ3n) is 4.75. The average molecular weight is 318 g/mol. The average Bonchev–Trinajstić information content (AvgIpc) is 2.96. The van der Waals surface area contributed by atoms with Gasteiger partial charge in [-0.3, -0.25) is 0 Å². The van der Waals surface area contributed by atoms with Crippen molar-refractivity contribution in [3.05, 3.63) is 64.7 Å². The number of nitrogens with zero attached hydrogens (tertiary/aromatic N) is 1. The molecule has 4 aromatic rings. The van der Waals surface area contributed by atoms with Crippen LogP contribution in [0, 0.1) is 20.8 Å². The van der Waals surface area contributed by atoms with E-state index in [1.807, 2.05) is 11.3 Å². The Hall–Kier alpha value is -2.19. The van der Waals surface area contributed by atoms with Crippen LogP contribution >= 0.6 is 11.3 Å². The molecule has 0 unspecified atom stereocenters. The van der Waals surface area contributed by atoms with Gasteiger partial charge in [0.1, 0.15) is 7.05 Å². The quantitative estimate of drug-likeness (QED) is 0.410. The second kappa shape index (κ2) is 5.17. The number of hydrogen-bond acceptors (Lipinski definition) is 1. The molecule has 0 atom stereocenters. The van der Waals surface area contributed by atoms with Crippen LogP contribution in [-0.2, 0) is 7.05 Å². The highest BCUT2D eigenvalue weighted by atomic mass is 32.1. The lowest BCUT2D eigenvalue weighted by atomic mass is 9.97. The zero-order valence-corrected chi connectivity index (χ0v) is 14.8. The van der Waals surface area contributed by atoms with Crippen LogP contribution in [0.3, 0.4) is 0 Å². The maximum Gasteiger partial charge on any atom is 0.220 e. The molecule has 0 bridgehead atoms. The lowest BCUT2D eigenvalue weighted by Crippen LogP contribution is -2.35. The Bertz CT molecular complexity index is 1060. The Morgan fingerprint density at radius 2 is 1.70 bits per heavy atom. The minimum atomic E-state index is 1.28. The van der Waals surface area contributed by atoms with Crippen molar-refractivity contribution >= 4 is 32.2 Å². The Morgan fingerprint density at radius 1 is 0.870 bits per heavy atom. The molecule has 1 nitrogen and oxygen atoms in total. The molecule has 0 aliphatic heterocycles. The highest BCUT2D eigenvalue weighted by Crippen LogP contribution is 2.33. The first-order valence-corrected chi connectivity index (χ1v) is 8.81. The Labute approximate surface area is 140 Å². The van der Waals surface area contributed by atoms with E-state index in [2.05, 4.69) is 80.2 Å². The van der Waals surface area contributed by atoms with Gasteiger partial charge in [0.05, 0.1) is 10.9 Å². The van der Waals surface area contributed by atoms with Gasteiger partial charge in [0.25, 0.3) is 0 Å². The third-order valence-corrected chi connectivity index (χ3v) is 5.63. The number of fused-ring (bicyclic) bond motifs is 2. The summed E-state index contributed by atoms with van der Waals surface area (Å²) in [5.41, 5.74) is 6.57. The van der Waals surface area contributed by atoms with Gasteiger partial charge in [-0.2, -0.15) is 4.57 Å². The van der Waals surface area contributed by atoms with Crippen LogP contribution in [0.5, 0.6) is 0 Å². The third kappa shape index (κ3) is 2.25. The molecule has 2 aromatic heterocycles. The number of thiophene rings is 1. The minimum Gasteiger partial charge on any atom is -0.198 e. The number of aromatic nitrogens is 1. The molecule has 2 aromatic carbocycles. The van der Waals surface area contributed by atoms with E-state index in [1.165, 1.54) is 48.9 Å². The standard InChI is InChI=1S/C21H20NS/c1-13-5-6-16-11-15(3)22(4)21(19(16)9-13)18-12-20-17(7-8-23-20)10-14(18)2/h5-12H,1-4H3/q+1. The van der Waals surface area contributed by atoms with Gasteiger partial charge < -0.3 is 0 Å². The number of hydrogen-bond donors (Lipinski definition) is 0. The molecular formula is C21H20NS+. The van der Waals surface area contributed by atoms with Crippen molar-refractivity contribution < 1.29 is 4.57 Å². The summed E-state index contributed by atoms with van der Waals surface area (Å²) >= 11 is 1.81. The van der Waals surface area contributed by atoms with Gasteiger partial charge >= 0.3 is 0 Å². The first-order valence-electron chi connectivity index (χ1n) is 7.93. The predicted molar refractivity (Wildman–Crippen MR) is 100 cm³/mol. The minimum absolute atomic E-state index is 1.28. The van der Waals surface area contributed by atoms with Gasteiger partial charge in [-0.05, 0) is 59.8 Å². The van der Waals surface area contributed by atoms with Crippen LogP contribution in [0.15, 0.2) is 47.8 Å². The fraction of sp³-hybridized carbons (Fsp3) is 0.190. The molecule has 0 aliphatic carbocycles. The summed E-state index contributed by atoms with van der Waals surface area (Å²) in [5, 5.41) is 6.16. The monoisotopic (exact) mass is 318 g/mol. The molecule has 2 heterocycles. The van der Waals surface area contributed by atoms with E-state index in [0.29, 0.717) is 0 Å². The number of pyridine rings is 1. The maximum absolute atomic E-state index is 2.35. The highest BCUT2D eigenvalue weighted by Gasteiger charge is 2.20. The van der Waals surface area contributed by atoms with Gasteiger partial charge in [-0.1, -0.05) is 17.7 Å². The van der Waals surface area contributed by atoms with Crippen LogP contribution in [0.25, 0.3) is 32.1 Å². The summed E-state index contributed by atoms with van der Waals surface area (Å²) in [6, 6.07) is 15.9. The number of benzene rings is 2. The summed E-state index contributed by atoms with van der Waals surface area (Å²) in [5.74, 6) is 0. The SMILES string of the molecule is Cc1ccc2cc(C)[n+](C)c(-c3cc4sccc4cc3C)c2c1. The number of rotatable bonds is 1. The van der Waals surface area contributed by atoms with E-state index in [-0.39, 0.29) is 0 Å². The summed E-state index contributed by atoms with van der Waals surface area (Å²) in [4.78, 5) is 0. The molecule has 0 fully saturated rings. The topological polar surface area (TPSA) is 3.88 Å². The predicted octanol–water partition coefficient (Wildman–Crippen LogP) is 5.47. The Balaban J connectivity index is 2.16. The van der Waals surface area contributed by atoms with Crippen LogP contribution in [0.4, 0.5) is 0 Å². The first-order chi connectivity index (χ1) is 11.0. The summed E-state index contributed by atoms with van der Waals surface area (Å²) in [7, 11) is 2.17. The zero-order chi connectivity index (χ0) is 16.1. The molecule has 0 spiro atoms. The first kappa shape index (κ1) is 14.4. The van der Waals surface area contributed by atoms with Gasteiger partial charge in [0.2, 0.25) is 5.69 Å². The lowest BCUT2D eigenvalue weighted by Gasteiger charge is -2.11. The Kier molecular flexibility index (Phi) is 3.24. The summed E-state index contributed by atoms with van der Waals surface area (Å²) < 4.78 is 3.68. The molecule has 0 amide bonds. The van der Waals surface area contributed by atoms with Crippen molar-refractivity contribution in [1.82, 2.24) is 0 Å². The molecule has 114 valence electrons. The molecular weight excluding hydrogens is 298 g/mol. The normalized spacial score (nSPS) is 11.5. The fourth-order valence-electron chi connectivity index (χ4n) is 3.38. The van der Waals surface area contributed by atoms with Crippen LogP contribution in [-0.4, -0.2) is 0 Å². The fourth-order valence-corrected chi connectivity index (χ4v) is 4.19. The van der Waals surface area contributed by atoms with Crippen molar-refractivity contribution in [2.45, 2.75) is 20.8 Å². The van der Waals surface area contributed by atoms with Crippen molar-refractivity contribution in [3.63, 3.8) is 0 Å².